The summed E-state index contributed by atoms with van der Waals surface area (Å²) in [4.78, 5) is 12.9. The molecule has 1 N–H and O–H groups in total. The van der Waals surface area contributed by atoms with Crippen LogP contribution in [0.2, 0.25) is 0 Å². The summed E-state index contributed by atoms with van der Waals surface area (Å²) in [6.07, 6.45) is 0. The van der Waals surface area contributed by atoms with Crippen molar-refractivity contribution in [3.05, 3.63) is 62.6 Å². The summed E-state index contributed by atoms with van der Waals surface area (Å²) in [7, 11) is 0. The second-order valence-electron chi connectivity index (χ2n) is 7.22. The molecule has 0 fully saturated rings. The molecule has 0 radical (unpaired) electrons. The van der Waals surface area contributed by atoms with Gasteiger partial charge in [-0.3, -0.25) is 14.2 Å². The van der Waals surface area contributed by atoms with Crippen LogP contribution in [0, 0.1) is 34.6 Å². The average Bonchev–Trinajstić information content (AvgIpc) is 3.07. The van der Waals surface area contributed by atoms with Gasteiger partial charge in [0.15, 0.2) is 0 Å². The molecular formula is C21H26BrN5O. The maximum atomic E-state index is 12.9. The molecule has 0 saturated heterocycles. The first-order valence-electron chi connectivity index (χ1n) is 9.31. The fraction of sp³-hybridized carbons (Fsp3) is 0.381. The number of nitrogens with zero attached hydrogens (tertiary/aromatic N) is 4. The van der Waals surface area contributed by atoms with Crippen molar-refractivity contribution < 1.29 is 4.79 Å². The fourth-order valence-electron chi connectivity index (χ4n) is 3.34. The molecule has 0 spiro atoms. The Kier molecular flexibility index (Phi) is 5.74. The first-order valence-corrected chi connectivity index (χ1v) is 10.1. The third kappa shape index (κ3) is 3.76. The van der Waals surface area contributed by atoms with Crippen LogP contribution in [0.25, 0.3) is 0 Å². The topological polar surface area (TPSA) is 64.7 Å². The maximum Gasteiger partial charge on any atom is 0.249 e. The summed E-state index contributed by atoms with van der Waals surface area (Å²) >= 11 is 3.52. The summed E-state index contributed by atoms with van der Waals surface area (Å²) < 4.78 is 4.63. The Hall–Kier alpha value is -2.41. The second-order valence-corrected chi connectivity index (χ2v) is 8.02. The number of aromatic nitrogens is 4. The van der Waals surface area contributed by atoms with Crippen molar-refractivity contribution in [2.24, 2.45) is 0 Å². The zero-order valence-electron chi connectivity index (χ0n) is 17.2. The van der Waals surface area contributed by atoms with Crippen molar-refractivity contribution in [1.29, 1.82) is 0 Å². The number of nitrogens with one attached hydrogen (secondary N) is 1. The Bertz CT molecular complexity index is 1030. The molecule has 3 rings (SSSR count). The second kappa shape index (κ2) is 7.91. The molecule has 2 aromatic heterocycles. The van der Waals surface area contributed by atoms with Gasteiger partial charge in [0.1, 0.15) is 6.04 Å². The van der Waals surface area contributed by atoms with Crippen molar-refractivity contribution in [3.63, 3.8) is 0 Å². The Morgan fingerprint density at radius 1 is 1.07 bits per heavy atom. The highest BCUT2D eigenvalue weighted by molar-refractivity contribution is 9.10. The predicted molar refractivity (Wildman–Crippen MR) is 115 cm³/mol. The van der Waals surface area contributed by atoms with E-state index in [1.807, 2.05) is 51.4 Å². The van der Waals surface area contributed by atoms with Crippen LogP contribution in [0.3, 0.4) is 0 Å². The fourth-order valence-corrected chi connectivity index (χ4v) is 3.60. The number of benzene rings is 1. The van der Waals surface area contributed by atoms with Crippen molar-refractivity contribution in [1.82, 2.24) is 19.6 Å². The van der Waals surface area contributed by atoms with E-state index < -0.39 is 6.04 Å². The highest BCUT2D eigenvalue weighted by Crippen LogP contribution is 2.25. The number of halogens is 1. The van der Waals surface area contributed by atoms with Gasteiger partial charge in [0.25, 0.3) is 0 Å². The van der Waals surface area contributed by atoms with Crippen LogP contribution < -0.4 is 5.32 Å². The number of hydrogen-bond donors (Lipinski definition) is 1. The monoisotopic (exact) mass is 443 g/mol. The molecule has 1 atom stereocenters. The Labute approximate surface area is 174 Å². The van der Waals surface area contributed by atoms with Gasteiger partial charge in [-0.1, -0.05) is 24.3 Å². The largest absolute Gasteiger partial charge is 0.321 e. The standard InChI is InChI=1S/C21H26BrN5O/c1-12-9-7-8-10-18(12)11-26-16(5)20(14(3)24-26)23-21(28)17(6)27-15(4)19(22)13(2)25-27/h7-10,17H,11H2,1-6H3,(H,23,28). The molecule has 28 heavy (non-hydrogen) atoms. The summed E-state index contributed by atoms with van der Waals surface area (Å²) in [5.74, 6) is -0.111. The van der Waals surface area contributed by atoms with Crippen molar-refractivity contribution in [3.8, 4) is 0 Å². The zero-order valence-corrected chi connectivity index (χ0v) is 18.8. The molecule has 1 aromatic carbocycles. The average molecular weight is 444 g/mol. The smallest absolute Gasteiger partial charge is 0.249 e. The molecule has 0 aliphatic carbocycles. The van der Waals surface area contributed by atoms with E-state index in [1.54, 1.807) is 4.68 Å². The molecule has 1 unspecified atom stereocenters. The van der Waals surface area contributed by atoms with Gasteiger partial charge < -0.3 is 5.32 Å². The van der Waals surface area contributed by atoms with E-state index in [9.17, 15) is 4.79 Å². The van der Waals surface area contributed by atoms with E-state index in [2.05, 4.69) is 50.5 Å². The van der Waals surface area contributed by atoms with Gasteiger partial charge in [-0.15, -0.1) is 0 Å². The van der Waals surface area contributed by atoms with E-state index in [1.165, 1.54) is 11.1 Å². The molecule has 7 heteroatoms. The van der Waals surface area contributed by atoms with Crippen molar-refractivity contribution >= 4 is 27.5 Å². The number of aryl methyl sites for hydroxylation is 3. The molecule has 3 aromatic rings. The van der Waals surface area contributed by atoms with E-state index in [4.69, 9.17) is 0 Å². The van der Waals surface area contributed by atoms with Gasteiger partial charge in [0.05, 0.1) is 39.5 Å². The molecule has 148 valence electrons. The lowest BCUT2D eigenvalue weighted by Gasteiger charge is -2.15. The highest BCUT2D eigenvalue weighted by atomic mass is 79.9. The minimum atomic E-state index is -0.427. The number of rotatable bonds is 5. The SMILES string of the molecule is Cc1ccccc1Cn1nc(C)c(NC(=O)C(C)n2nc(C)c(Br)c2C)c1C. The van der Waals surface area contributed by atoms with Crippen LogP contribution >= 0.6 is 15.9 Å². The van der Waals surface area contributed by atoms with Crippen LogP contribution in [0.1, 0.15) is 46.9 Å². The highest BCUT2D eigenvalue weighted by Gasteiger charge is 2.23. The normalized spacial score (nSPS) is 12.2. The first kappa shape index (κ1) is 20.3. The first-order chi connectivity index (χ1) is 13.2. The summed E-state index contributed by atoms with van der Waals surface area (Å²) in [5, 5.41) is 12.2. The minimum absolute atomic E-state index is 0.111. The van der Waals surface area contributed by atoms with E-state index >= 15 is 0 Å². The van der Waals surface area contributed by atoms with E-state index in [-0.39, 0.29) is 5.91 Å². The molecule has 2 heterocycles. The Balaban J connectivity index is 1.82. The minimum Gasteiger partial charge on any atom is -0.321 e. The van der Waals surface area contributed by atoms with Gasteiger partial charge in [-0.25, -0.2) is 0 Å². The molecule has 1 amide bonds. The lowest BCUT2D eigenvalue weighted by molar-refractivity contribution is -0.119. The zero-order chi connectivity index (χ0) is 20.6. The van der Waals surface area contributed by atoms with E-state index in [0.29, 0.717) is 6.54 Å². The molecular weight excluding hydrogens is 418 g/mol. The summed E-state index contributed by atoms with van der Waals surface area (Å²) in [6.45, 7) is 12.4. The van der Waals surface area contributed by atoms with Gasteiger partial charge >= 0.3 is 0 Å². The Morgan fingerprint density at radius 2 is 1.75 bits per heavy atom. The third-order valence-electron chi connectivity index (χ3n) is 5.19. The van der Waals surface area contributed by atoms with E-state index in [0.717, 1.165) is 32.9 Å². The van der Waals surface area contributed by atoms with Gasteiger partial charge in [0.2, 0.25) is 5.91 Å². The number of anilines is 1. The number of carbonyl (C=O) groups excluding carboxylic acids is 1. The molecule has 0 aliphatic rings. The molecule has 6 nitrogen and oxygen atoms in total. The lowest BCUT2D eigenvalue weighted by Crippen LogP contribution is -2.25. The summed E-state index contributed by atoms with van der Waals surface area (Å²) in [6, 6.07) is 7.84. The quantitative estimate of drug-likeness (QED) is 0.624. The van der Waals surface area contributed by atoms with Crippen molar-refractivity contribution in [2.75, 3.05) is 5.32 Å². The third-order valence-corrected chi connectivity index (χ3v) is 6.34. The molecule has 0 saturated carbocycles. The number of hydrogen-bond acceptors (Lipinski definition) is 3. The van der Waals surface area contributed by atoms with Gasteiger partial charge in [-0.05, 0) is 68.6 Å². The Morgan fingerprint density at radius 3 is 2.36 bits per heavy atom. The van der Waals surface area contributed by atoms with Crippen LogP contribution in [-0.4, -0.2) is 25.5 Å². The molecule has 0 bridgehead atoms. The molecule has 0 aliphatic heterocycles. The van der Waals surface area contributed by atoms with Crippen LogP contribution in [0.5, 0.6) is 0 Å². The summed E-state index contributed by atoms with van der Waals surface area (Å²) in [5.41, 5.74) is 6.76. The lowest BCUT2D eigenvalue weighted by atomic mass is 10.1. The van der Waals surface area contributed by atoms with Crippen LogP contribution in [0.4, 0.5) is 5.69 Å². The number of amides is 1. The van der Waals surface area contributed by atoms with Gasteiger partial charge in [-0.2, -0.15) is 10.2 Å². The maximum absolute atomic E-state index is 12.9. The van der Waals surface area contributed by atoms with Crippen LogP contribution in [0.15, 0.2) is 28.7 Å². The predicted octanol–water partition coefficient (Wildman–Crippen LogP) is 4.63. The van der Waals surface area contributed by atoms with Crippen LogP contribution in [-0.2, 0) is 11.3 Å². The van der Waals surface area contributed by atoms with Crippen molar-refractivity contribution in [2.45, 2.75) is 54.1 Å². The number of carbonyl (C=O) groups is 1. The van der Waals surface area contributed by atoms with Gasteiger partial charge in [0, 0.05) is 0 Å².